The summed E-state index contributed by atoms with van der Waals surface area (Å²) in [5.41, 5.74) is 22.5. The van der Waals surface area contributed by atoms with Crippen molar-refractivity contribution in [1.82, 2.24) is 4.90 Å². The van der Waals surface area contributed by atoms with E-state index in [1.807, 2.05) is 0 Å². The lowest BCUT2D eigenvalue weighted by Gasteiger charge is -2.30. The van der Waals surface area contributed by atoms with Crippen LogP contribution in [0.25, 0.3) is 0 Å². The summed E-state index contributed by atoms with van der Waals surface area (Å²) in [6.45, 7) is 0.925. The third kappa shape index (κ3) is 8.15. The van der Waals surface area contributed by atoms with Gasteiger partial charge in [-0.25, -0.2) is 4.79 Å². The first-order chi connectivity index (χ1) is 11.8. The van der Waals surface area contributed by atoms with E-state index in [0.29, 0.717) is 56.5 Å². The lowest BCUT2D eigenvalue weighted by atomic mass is 10.0. The van der Waals surface area contributed by atoms with E-state index in [9.17, 15) is 19.5 Å². The van der Waals surface area contributed by atoms with E-state index < -0.39 is 35.9 Å². The van der Waals surface area contributed by atoms with Crippen molar-refractivity contribution < 1.29 is 19.5 Å². The smallest absolute Gasteiger partial charge is 0.327 e. The van der Waals surface area contributed by atoms with Crippen molar-refractivity contribution >= 4 is 30.4 Å². The van der Waals surface area contributed by atoms with Crippen LogP contribution >= 0.6 is 12.6 Å². The molecule has 25 heavy (non-hydrogen) atoms. The van der Waals surface area contributed by atoms with Crippen molar-refractivity contribution in [3.8, 4) is 0 Å². The molecule has 9 nitrogen and oxygen atoms in total. The van der Waals surface area contributed by atoms with Crippen LogP contribution in [0.3, 0.4) is 0 Å². The second kappa shape index (κ2) is 13.1. The fraction of sp³-hybridized carbons (Fsp3) is 0.800. The largest absolute Gasteiger partial charge is 0.480 e. The average molecular weight is 378 g/mol. The Kier molecular flexibility index (Phi) is 12.4. The van der Waals surface area contributed by atoms with Crippen LogP contribution < -0.4 is 22.9 Å². The molecular formula is C15H31N5O4S. The van der Waals surface area contributed by atoms with Crippen LogP contribution in [0.1, 0.15) is 38.5 Å². The van der Waals surface area contributed by atoms with Crippen molar-refractivity contribution in [1.29, 1.82) is 0 Å². The molecule has 0 saturated carbocycles. The van der Waals surface area contributed by atoms with Gasteiger partial charge in [-0.05, 0) is 38.8 Å². The van der Waals surface area contributed by atoms with Gasteiger partial charge in [0.15, 0.2) is 0 Å². The molecule has 9 N–H and O–H groups in total. The minimum absolute atomic E-state index is 0.224. The summed E-state index contributed by atoms with van der Waals surface area (Å²) in [4.78, 5) is 37.3. The Morgan fingerprint density at radius 3 is 1.56 bits per heavy atom. The minimum Gasteiger partial charge on any atom is -0.480 e. The number of rotatable bonds is 13. The van der Waals surface area contributed by atoms with Crippen molar-refractivity contribution in [2.75, 3.05) is 18.8 Å². The van der Waals surface area contributed by atoms with Crippen LogP contribution in [-0.2, 0) is 14.4 Å². The summed E-state index contributed by atoms with van der Waals surface area (Å²) in [5.74, 6) is -3.06. The highest BCUT2D eigenvalue weighted by Crippen LogP contribution is 2.12. The van der Waals surface area contributed by atoms with Crippen LogP contribution in [0.5, 0.6) is 0 Å². The number of carbonyl (C=O) groups is 3. The predicted molar refractivity (Wildman–Crippen MR) is 98.9 cm³/mol. The zero-order chi connectivity index (χ0) is 19.4. The van der Waals surface area contributed by atoms with Crippen LogP contribution in [0.4, 0.5) is 0 Å². The fourth-order valence-corrected chi connectivity index (χ4v) is 2.63. The second-order valence-electron chi connectivity index (χ2n) is 5.86. The molecule has 0 aliphatic heterocycles. The Morgan fingerprint density at radius 2 is 1.28 bits per heavy atom. The fourth-order valence-electron chi connectivity index (χ4n) is 2.31. The maximum atomic E-state index is 12.6. The third-order valence-corrected chi connectivity index (χ3v) is 4.16. The van der Waals surface area contributed by atoms with Gasteiger partial charge in [0.1, 0.15) is 6.04 Å². The summed E-state index contributed by atoms with van der Waals surface area (Å²) in [7, 11) is 0. The van der Waals surface area contributed by atoms with Crippen LogP contribution in [-0.4, -0.2) is 64.8 Å². The van der Waals surface area contributed by atoms with Crippen LogP contribution in [0.15, 0.2) is 0 Å². The van der Waals surface area contributed by atoms with Gasteiger partial charge in [0.05, 0.1) is 12.1 Å². The number of unbranched alkanes of at least 4 members (excludes halogenated alkanes) is 2. The molecule has 0 fully saturated rings. The molecule has 10 heteroatoms. The summed E-state index contributed by atoms with van der Waals surface area (Å²) < 4.78 is 0. The van der Waals surface area contributed by atoms with Crippen LogP contribution in [0, 0.1) is 0 Å². The van der Waals surface area contributed by atoms with E-state index >= 15 is 0 Å². The molecule has 2 amide bonds. The van der Waals surface area contributed by atoms with E-state index in [2.05, 4.69) is 12.6 Å². The zero-order valence-corrected chi connectivity index (χ0v) is 15.4. The normalized spacial score (nSPS) is 14.6. The Balaban J connectivity index is 5.23. The maximum Gasteiger partial charge on any atom is 0.327 e. The van der Waals surface area contributed by atoms with Gasteiger partial charge in [-0.3, -0.25) is 14.5 Å². The van der Waals surface area contributed by atoms with Gasteiger partial charge >= 0.3 is 5.97 Å². The molecule has 0 aliphatic rings. The first-order valence-electron chi connectivity index (χ1n) is 8.43. The van der Waals surface area contributed by atoms with Gasteiger partial charge in [-0.1, -0.05) is 12.8 Å². The minimum atomic E-state index is -1.41. The predicted octanol–water partition coefficient (Wildman–Crippen LogP) is -1.36. The molecule has 0 aromatic rings. The molecule has 0 saturated heterocycles. The van der Waals surface area contributed by atoms with Gasteiger partial charge in [-0.15, -0.1) is 0 Å². The molecule has 146 valence electrons. The van der Waals surface area contributed by atoms with E-state index in [4.69, 9.17) is 22.9 Å². The van der Waals surface area contributed by atoms with Crippen LogP contribution in [0.2, 0.25) is 0 Å². The van der Waals surface area contributed by atoms with Gasteiger partial charge in [0, 0.05) is 5.75 Å². The zero-order valence-electron chi connectivity index (χ0n) is 14.5. The molecule has 3 unspecified atom stereocenters. The molecular weight excluding hydrogens is 346 g/mol. The van der Waals surface area contributed by atoms with Gasteiger partial charge in [-0.2, -0.15) is 12.6 Å². The lowest BCUT2D eigenvalue weighted by molar-refractivity contribution is -0.158. The van der Waals surface area contributed by atoms with Crippen molar-refractivity contribution in [2.45, 2.75) is 56.7 Å². The number of amides is 2. The first-order valence-corrected chi connectivity index (χ1v) is 9.06. The van der Waals surface area contributed by atoms with E-state index in [1.54, 1.807) is 0 Å². The van der Waals surface area contributed by atoms with Gasteiger partial charge in [0.25, 0.3) is 0 Å². The number of nitrogens with zero attached hydrogens (tertiary/aromatic N) is 1. The second-order valence-corrected chi connectivity index (χ2v) is 6.23. The number of carboxylic acid groups (broad SMARTS) is 1. The highest BCUT2D eigenvalue weighted by molar-refractivity contribution is 7.80. The standard InChI is InChI=1S/C15H31N5O4S/c16-7-3-1-5-10(18)13(21)20(12(9-25)15(23)24)14(22)11(19)6-2-4-8-17/h10-12,25H,1-9,16-19H2,(H,23,24). The molecule has 0 aromatic carbocycles. The summed E-state index contributed by atoms with van der Waals surface area (Å²) in [6.07, 6.45) is 3.19. The Hall–Kier alpha value is -1.20. The molecule has 0 radical (unpaired) electrons. The number of hydrogen-bond donors (Lipinski definition) is 6. The monoisotopic (exact) mass is 377 g/mol. The molecule has 0 aromatic heterocycles. The third-order valence-electron chi connectivity index (χ3n) is 3.82. The number of carbonyl (C=O) groups excluding carboxylic acids is 2. The van der Waals surface area contributed by atoms with Gasteiger partial charge in [0.2, 0.25) is 11.8 Å². The quantitative estimate of drug-likeness (QED) is 0.168. The van der Waals surface area contributed by atoms with Crippen molar-refractivity contribution in [2.24, 2.45) is 22.9 Å². The van der Waals surface area contributed by atoms with E-state index in [-0.39, 0.29) is 5.75 Å². The Bertz CT molecular complexity index is 410. The number of imide groups is 1. The summed E-state index contributed by atoms with van der Waals surface area (Å²) in [6, 6.07) is -3.40. The highest BCUT2D eigenvalue weighted by atomic mass is 32.1. The van der Waals surface area contributed by atoms with E-state index in [0.717, 1.165) is 0 Å². The molecule has 0 spiro atoms. The summed E-state index contributed by atoms with van der Waals surface area (Å²) in [5, 5.41) is 9.32. The number of thiol groups is 1. The number of aliphatic carboxylic acids is 1. The van der Waals surface area contributed by atoms with E-state index in [1.165, 1.54) is 0 Å². The molecule has 0 aliphatic carbocycles. The summed E-state index contributed by atoms with van der Waals surface area (Å²) >= 11 is 3.95. The van der Waals surface area contributed by atoms with Gasteiger partial charge < -0.3 is 28.0 Å². The Labute approximate surface area is 153 Å². The number of nitrogens with two attached hydrogens (primary N) is 4. The molecule has 0 bridgehead atoms. The Morgan fingerprint density at radius 1 is 0.880 bits per heavy atom. The average Bonchev–Trinajstić information content (AvgIpc) is 2.58. The SMILES string of the molecule is NCCCCC(N)C(=O)N(C(=O)C(N)CCCCN)C(CS)C(=O)O. The van der Waals surface area contributed by atoms with Crippen molar-refractivity contribution in [3.63, 3.8) is 0 Å². The number of carboxylic acids is 1. The molecule has 0 rings (SSSR count). The maximum absolute atomic E-state index is 12.6. The topological polar surface area (TPSA) is 179 Å². The first kappa shape index (κ1) is 23.8. The number of hydrogen-bond acceptors (Lipinski definition) is 8. The molecule has 0 heterocycles. The van der Waals surface area contributed by atoms with Crippen molar-refractivity contribution in [3.05, 3.63) is 0 Å². The molecule has 3 atom stereocenters. The highest BCUT2D eigenvalue weighted by Gasteiger charge is 2.38. The lowest BCUT2D eigenvalue weighted by Crippen LogP contribution is -2.58.